The average Bonchev–Trinajstić information content (AvgIpc) is 2.97. The fraction of sp³-hybridized carbons (Fsp3) is 0.556. The van der Waals surface area contributed by atoms with Gasteiger partial charge in [-0.15, -0.1) is 0 Å². The number of halogens is 2. The van der Waals surface area contributed by atoms with Gasteiger partial charge in [0.25, 0.3) is 0 Å². The molecule has 2 aliphatic rings. The SMILES string of the molecule is CC(C)C1=[C]([Zr+2]([C]2=C(C(C)C)C=CC2)=[Si](C)C)CC=C1.[Cl-].[Cl-]. The zero-order chi connectivity index (χ0) is 14.9. The fourth-order valence-corrected chi connectivity index (χ4v) is 22.2. The summed E-state index contributed by atoms with van der Waals surface area (Å²) in [6.45, 7) is 14.6. The molecular weight excluding hydrogens is 406 g/mol. The van der Waals surface area contributed by atoms with Gasteiger partial charge in [-0.3, -0.25) is 0 Å². The monoisotopic (exact) mass is 432 g/mol. The normalized spacial score (nSPS) is 16.1. The molecule has 2 aliphatic carbocycles. The maximum absolute atomic E-state index is 2.58. The minimum Gasteiger partial charge on any atom is -1.00 e. The van der Waals surface area contributed by atoms with E-state index in [1.165, 1.54) is 12.8 Å². The summed E-state index contributed by atoms with van der Waals surface area (Å²) in [5.41, 5.74) is 3.23. The van der Waals surface area contributed by atoms with Crippen molar-refractivity contribution in [1.29, 1.82) is 0 Å². The molecule has 0 bridgehead atoms. The largest absolute Gasteiger partial charge is 1.00 e. The van der Waals surface area contributed by atoms with E-state index in [-0.39, 0.29) is 30.2 Å². The second kappa shape index (κ2) is 9.82. The first-order chi connectivity index (χ1) is 9.43. The van der Waals surface area contributed by atoms with Gasteiger partial charge < -0.3 is 24.8 Å². The van der Waals surface area contributed by atoms with Gasteiger partial charge in [-0.25, -0.2) is 0 Å². The molecule has 0 unspecified atom stereocenters. The van der Waals surface area contributed by atoms with Gasteiger partial charge >= 0.3 is 133 Å². The van der Waals surface area contributed by atoms with Crippen molar-refractivity contribution in [1.82, 2.24) is 0 Å². The van der Waals surface area contributed by atoms with Crippen LogP contribution >= 0.6 is 0 Å². The van der Waals surface area contributed by atoms with Crippen LogP contribution in [0.25, 0.3) is 0 Å². The van der Waals surface area contributed by atoms with Crippen LogP contribution in [0.3, 0.4) is 0 Å². The Morgan fingerprint density at radius 2 is 1.18 bits per heavy atom. The molecule has 2 rings (SSSR count). The van der Waals surface area contributed by atoms with E-state index in [1.54, 1.807) is 11.1 Å². The zero-order valence-corrected chi connectivity index (χ0v) is 19.6. The number of allylic oxidation sites excluding steroid dienone is 8. The Labute approximate surface area is 157 Å². The van der Waals surface area contributed by atoms with Gasteiger partial charge in [0.05, 0.1) is 0 Å². The summed E-state index contributed by atoms with van der Waals surface area (Å²) in [6.07, 6.45) is 12.3. The quantitative estimate of drug-likeness (QED) is 0.529. The van der Waals surface area contributed by atoms with Crippen LogP contribution in [-0.4, -0.2) is 5.43 Å². The van der Waals surface area contributed by atoms with Crippen LogP contribution in [0.4, 0.5) is 0 Å². The summed E-state index contributed by atoms with van der Waals surface area (Å²) >= 11 is -1.59. The first-order valence-corrected chi connectivity index (χ1v) is 16.5. The molecule has 22 heavy (non-hydrogen) atoms. The van der Waals surface area contributed by atoms with Crippen molar-refractivity contribution >= 4 is 5.43 Å². The van der Waals surface area contributed by atoms with E-state index in [2.05, 4.69) is 65.1 Å². The van der Waals surface area contributed by atoms with E-state index in [1.807, 2.05) is 6.56 Å². The third-order valence-electron chi connectivity index (χ3n) is 4.28. The summed E-state index contributed by atoms with van der Waals surface area (Å²) in [6, 6.07) is 0. The van der Waals surface area contributed by atoms with Crippen LogP contribution in [0.2, 0.25) is 13.1 Å². The van der Waals surface area contributed by atoms with Crippen LogP contribution < -0.4 is 24.8 Å². The smallest absolute Gasteiger partial charge is 1.00 e. The summed E-state index contributed by atoms with van der Waals surface area (Å²) in [5.74, 6) is 1.41. The second-order valence-corrected chi connectivity index (χ2v) is 23.9. The minimum absolute atomic E-state index is 0. The first-order valence-electron chi connectivity index (χ1n) is 7.90. The van der Waals surface area contributed by atoms with Crippen molar-refractivity contribution < 1.29 is 45.2 Å². The minimum atomic E-state index is -1.59. The molecule has 0 atom stereocenters. The van der Waals surface area contributed by atoms with Crippen molar-refractivity contribution in [3.8, 4) is 0 Å². The predicted octanol–water partition coefficient (Wildman–Crippen LogP) is -0.396. The third-order valence-corrected chi connectivity index (χ3v) is 21.6. The molecule has 0 spiro atoms. The summed E-state index contributed by atoms with van der Waals surface area (Å²) < 4.78 is 3.86. The maximum Gasteiger partial charge on any atom is -1.00 e. The number of hydrogen-bond donors (Lipinski definition) is 0. The van der Waals surface area contributed by atoms with Gasteiger partial charge in [0.15, 0.2) is 0 Å². The van der Waals surface area contributed by atoms with E-state index in [0.29, 0.717) is 11.8 Å². The molecule has 0 saturated heterocycles. The third kappa shape index (κ3) is 4.82. The molecule has 0 nitrogen and oxygen atoms in total. The molecule has 0 aromatic rings. The number of rotatable bonds is 4. The van der Waals surface area contributed by atoms with Gasteiger partial charge in [0, 0.05) is 0 Å². The molecule has 122 valence electrons. The van der Waals surface area contributed by atoms with Gasteiger partial charge in [-0.1, -0.05) is 0 Å². The topological polar surface area (TPSA) is 0 Å². The van der Waals surface area contributed by atoms with Gasteiger partial charge in [0.1, 0.15) is 0 Å². The average molecular weight is 435 g/mol. The van der Waals surface area contributed by atoms with Crippen molar-refractivity contribution in [2.75, 3.05) is 0 Å². The Balaban J connectivity index is 0.00000220. The van der Waals surface area contributed by atoms with Crippen LogP contribution in [0.1, 0.15) is 40.5 Å². The van der Waals surface area contributed by atoms with Crippen LogP contribution in [0.5, 0.6) is 0 Å². The van der Waals surface area contributed by atoms with Crippen LogP contribution in [-0.2, 0) is 20.4 Å². The van der Waals surface area contributed by atoms with E-state index in [0.717, 1.165) is 0 Å². The van der Waals surface area contributed by atoms with E-state index in [9.17, 15) is 0 Å². The number of hydrogen-bond acceptors (Lipinski definition) is 0. The molecule has 0 N–H and O–H groups in total. The van der Waals surface area contributed by atoms with Crippen molar-refractivity contribution in [2.24, 2.45) is 11.8 Å². The Morgan fingerprint density at radius 1 is 0.818 bits per heavy atom. The summed E-state index contributed by atoms with van der Waals surface area (Å²) in [5, 5.41) is 0. The molecule has 0 aliphatic heterocycles. The maximum atomic E-state index is 2.58. The van der Waals surface area contributed by atoms with Gasteiger partial charge in [-0.2, -0.15) is 0 Å². The molecule has 0 aromatic carbocycles. The molecule has 0 amide bonds. The zero-order valence-electron chi connectivity index (χ0n) is 14.6. The van der Waals surface area contributed by atoms with E-state index < -0.39 is 20.4 Å². The van der Waals surface area contributed by atoms with Gasteiger partial charge in [-0.05, 0) is 0 Å². The Bertz CT molecular complexity index is 516. The molecule has 0 fully saturated rings. The van der Waals surface area contributed by atoms with Crippen LogP contribution in [0, 0.1) is 11.8 Å². The van der Waals surface area contributed by atoms with Crippen molar-refractivity contribution in [3.05, 3.63) is 42.0 Å². The van der Waals surface area contributed by atoms with E-state index in [4.69, 9.17) is 0 Å². The molecule has 0 aromatic heterocycles. The fourth-order valence-electron chi connectivity index (χ4n) is 3.40. The molecular formula is C18H28Cl2SiZr. The first kappa shape index (κ1) is 22.6. The van der Waals surface area contributed by atoms with Crippen molar-refractivity contribution in [2.45, 2.75) is 53.6 Å². The summed E-state index contributed by atoms with van der Waals surface area (Å²) in [4.78, 5) is 0. The Hall–Kier alpha value is 0.640. The molecule has 4 heteroatoms. The predicted molar refractivity (Wildman–Crippen MR) is 88.7 cm³/mol. The van der Waals surface area contributed by atoms with Crippen molar-refractivity contribution in [3.63, 3.8) is 0 Å². The molecule has 0 saturated carbocycles. The molecule has 0 heterocycles. The van der Waals surface area contributed by atoms with E-state index >= 15 is 0 Å². The van der Waals surface area contributed by atoms with Gasteiger partial charge in [0.2, 0.25) is 0 Å². The Kier molecular flexibility index (Phi) is 10.1. The van der Waals surface area contributed by atoms with Crippen LogP contribution in [0.15, 0.2) is 42.0 Å². The molecule has 0 radical (unpaired) electrons. The summed E-state index contributed by atoms with van der Waals surface area (Å²) in [7, 11) is 0. The standard InChI is InChI=1S/2C8H11.C2H6Si.2ClH.Zr/c2*1-7(2)8-5-3-4-6-8;1-3-2;;;/h2*3,5,7H,4H2,1-2H3;1-2H3;2*1H;/q;;;;;+2/p-2. The Morgan fingerprint density at radius 3 is 1.45 bits per heavy atom. The second-order valence-electron chi connectivity index (χ2n) is 6.77.